The van der Waals surface area contributed by atoms with E-state index in [0.29, 0.717) is 0 Å². The fourth-order valence-corrected chi connectivity index (χ4v) is 2.20. The molecule has 0 fully saturated rings. The Morgan fingerprint density at radius 1 is 1.36 bits per heavy atom. The van der Waals surface area contributed by atoms with Gasteiger partial charge in [0.2, 0.25) is 0 Å². The number of halogens is 1. The molecule has 1 aliphatic heterocycles. The molecule has 0 unspecified atom stereocenters. The molecule has 0 radical (unpaired) electrons. The molecule has 0 N–H and O–H groups in total. The lowest BCUT2D eigenvalue weighted by atomic mass is 10.0. The average molecular weight is 260 g/mol. The summed E-state index contributed by atoms with van der Waals surface area (Å²) in [5.74, 6) is 0. The second-order valence-corrected chi connectivity index (χ2v) is 3.84. The topological polar surface area (TPSA) is 9.23 Å². The molecule has 1 aromatic carbocycles. The predicted molar refractivity (Wildman–Crippen MR) is 52.5 cm³/mol. The molecule has 1 nitrogen and oxygen atoms in total. The zero-order chi connectivity index (χ0) is 7.68. The van der Waals surface area contributed by atoms with Gasteiger partial charge in [-0.15, -0.1) is 0 Å². The van der Waals surface area contributed by atoms with Crippen molar-refractivity contribution >= 4 is 22.6 Å². The van der Waals surface area contributed by atoms with Gasteiger partial charge in [-0.3, -0.25) is 0 Å². The maximum absolute atomic E-state index is 5.35. The molecule has 0 atom stereocenters. The summed E-state index contributed by atoms with van der Waals surface area (Å²) in [4.78, 5) is 0. The molecule has 0 bridgehead atoms. The van der Waals surface area contributed by atoms with Crippen LogP contribution in [0.1, 0.15) is 11.1 Å². The van der Waals surface area contributed by atoms with Crippen molar-refractivity contribution in [2.24, 2.45) is 0 Å². The summed E-state index contributed by atoms with van der Waals surface area (Å²) in [6.07, 6.45) is 1.08. The van der Waals surface area contributed by atoms with Gasteiger partial charge in [-0.25, -0.2) is 0 Å². The van der Waals surface area contributed by atoms with Crippen molar-refractivity contribution in [2.45, 2.75) is 13.0 Å². The van der Waals surface area contributed by atoms with Gasteiger partial charge >= 0.3 is 0 Å². The lowest BCUT2D eigenvalue weighted by molar-refractivity contribution is 0.110. The number of ether oxygens (including phenoxy) is 1. The van der Waals surface area contributed by atoms with Crippen LogP contribution in [0.5, 0.6) is 0 Å². The Bertz CT molecular complexity index is 270. The van der Waals surface area contributed by atoms with Crippen LogP contribution in [0, 0.1) is 3.57 Å². The van der Waals surface area contributed by atoms with Gasteiger partial charge in [-0.1, -0.05) is 12.1 Å². The largest absolute Gasteiger partial charge is 0.376 e. The van der Waals surface area contributed by atoms with Crippen molar-refractivity contribution in [1.29, 1.82) is 0 Å². The highest BCUT2D eigenvalue weighted by atomic mass is 127. The molecule has 2 heteroatoms. The van der Waals surface area contributed by atoms with Gasteiger partial charge in [0, 0.05) is 3.57 Å². The molecule has 0 aromatic heterocycles. The molecule has 0 saturated heterocycles. The van der Waals surface area contributed by atoms with E-state index in [9.17, 15) is 0 Å². The minimum atomic E-state index is 0.798. The van der Waals surface area contributed by atoms with E-state index in [1.165, 1.54) is 14.7 Å². The Balaban J connectivity index is 2.49. The van der Waals surface area contributed by atoms with Crippen LogP contribution in [0.2, 0.25) is 0 Å². The second-order valence-electron chi connectivity index (χ2n) is 2.68. The molecular weight excluding hydrogens is 251 g/mol. The van der Waals surface area contributed by atoms with Crippen molar-refractivity contribution in [3.63, 3.8) is 0 Å². The maximum Gasteiger partial charge on any atom is 0.0720 e. The van der Waals surface area contributed by atoms with Crippen LogP contribution in [0.4, 0.5) is 0 Å². The molecule has 0 spiro atoms. The minimum absolute atomic E-state index is 0.798. The molecule has 1 heterocycles. The van der Waals surface area contributed by atoms with E-state index >= 15 is 0 Å². The fraction of sp³-hybridized carbons (Fsp3) is 0.333. The molecule has 2 rings (SSSR count). The van der Waals surface area contributed by atoms with Gasteiger partial charge in [-0.2, -0.15) is 0 Å². The predicted octanol–water partition coefficient (Wildman–Crippen LogP) is 2.36. The highest BCUT2D eigenvalue weighted by Crippen LogP contribution is 2.21. The van der Waals surface area contributed by atoms with Gasteiger partial charge in [0.25, 0.3) is 0 Å². The van der Waals surface area contributed by atoms with E-state index in [1.807, 2.05) is 0 Å². The second kappa shape index (κ2) is 3.11. The van der Waals surface area contributed by atoms with Gasteiger partial charge in [0.05, 0.1) is 13.2 Å². The molecule has 0 aliphatic carbocycles. The van der Waals surface area contributed by atoms with Crippen LogP contribution in [0.3, 0.4) is 0 Å². The lowest BCUT2D eigenvalue weighted by Crippen LogP contribution is -2.10. The van der Waals surface area contributed by atoms with Crippen molar-refractivity contribution in [1.82, 2.24) is 0 Å². The first-order valence-electron chi connectivity index (χ1n) is 3.72. The highest BCUT2D eigenvalue weighted by Gasteiger charge is 2.10. The Hall–Kier alpha value is -0.0900. The van der Waals surface area contributed by atoms with E-state index in [1.54, 1.807) is 0 Å². The smallest absolute Gasteiger partial charge is 0.0720 e. The SMILES string of the molecule is Ic1cccc2c1CCOC2. The first-order chi connectivity index (χ1) is 5.38. The van der Waals surface area contributed by atoms with Crippen LogP contribution in [-0.2, 0) is 17.8 Å². The van der Waals surface area contributed by atoms with E-state index < -0.39 is 0 Å². The number of hydrogen-bond donors (Lipinski definition) is 0. The number of fused-ring (bicyclic) bond motifs is 1. The third kappa shape index (κ3) is 1.42. The van der Waals surface area contributed by atoms with E-state index in [0.717, 1.165) is 19.6 Å². The Kier molecular flexibility index (Phi) is 2.13. The summed E-state index contributed by atoms with van der Waals surface area (Å²) >= 11 is 2.39. The molecule has 1 aliphatic rings. The molecule has 0 amide bonds. The van der Waals surface area contributed by atoms with Gasteiger partial charge < -0.3 is 4.74 Å². The van der Waals surface area contributed by atoms with E-state index in [4.69, 9.17) is 4.74 Å². The van der Waals surface area contributed by atoms with Crippen molar-refractivity contribution in [3.05, 3.63) is 32.9 Å². The summed E-state index contributed by atoms with van der Waals surface area (Å²) in [6, 6.07) is 6.40. The van der Waals surface area contributed by atoms with Crippen molar-refractivity contribution in [2.75, 3.05) is 6.61 Å². The summed E-state index contributed by atoms with van der Waals surface area (Å²) in [6.45, 7) is 1.68. The summed E-state index contributed by atoms with van der Waals surface area (Å²) in [5, 5.41) is 0. The van der Waals surface area contributed by atoms with Gasteiger partial charge in [0.1, 0.15) is 0 Å². The van der Waals surface area contributed by atoms with Crippen LogP contribution in [-0.4, -0.2) is 6.61 Å². The van der Waals surface area contributed by atoms with Crippen LogP contribution < -0.4 is 0 Å². The fourth-order valence-electron chi connectivity index (χ4n) is 1.37. The summed E-state index contributed by atoms with van der Waals surface area (Å²) in [7, 11) is 0. The third-order valence-corrected chi connectivity index (χ3v) is 2.98. The summed E-state index contributed by atoms with van der Waals surface area (Å²) < 4.78 is 6.73. The monoisotopic (exact) mass is 260 g/mol. The van der Waals surface area contributed by atoms with Crippen molar-refractivity contribution < 1.29 is 4.74 Å². The highest BCUT2D eigenvalue weighted by molar-refractivity contribution is 14.1. The first-order valence-corrected chi connectivity index (χ1v) is 4.80. The molecule has 1 aromatic rings. The Morgan fingerprint density at radius 2 is 2.27 bits per heavy atom. The minimum Gasteiger partial charge on any atom is -0.376 e. The molecular formula is C9H9IO. The number of benzene rings is 1. The van der Waals surface area contributed by atoms with Crippen LogP contribution >= 0.6 is 22.6 Å². The van der Waals surface area contributed by atoms with Crippen molar-refractivity contribution in [3.8, 4) is 0 Å². The Morgan fingerprint density at radius 3 is 3.09 bits per heavy atom. The number of rotatable bonds is 0. The standard InChI is InChI=1S/C9H9IO/c10-9-3-1-2-7-6-11-5-4-8(7)9/h1-3H,4-6H2. The Labute approximate surface area is 79.9 Å². The van der Waals surface area contributed by atoms with Crippen LogP contribution in [0.25, 0.3) is 0 Å². The normalized spacial score (nSPS) is 16.1. The maximum atomic E-state index is 5.35. The third-order valence-electron chi connectivity index (χ3n) is 1.97. The lowest BCUT2D eigenvalue weighted by Gasteiger charge is -2.17. The van der Waals surface area contributed by atoms with E-state index in [2.05, 4.69) is 40.8 Å². The number of hydrogen-bond acceptors (Lipinski definition) is 1. The molecule has 11 heavy (non-hydrogen) atoms. The van der Waals surface area contributed by atoms with E-state index in [-0.39, 0.29) is 0 Å². The summed E-state index contributed by atoms with van der Waals surface area (Å²) in [5.41, 5.74) is 2.85. The zero-order valence-electron chi connectivity index (χ0n) is 6.14. The molecule has 0 saturated carbocycles. The zero-order valence-corrected chi connectivity index (χ0v) is 8.30. The van der Waals surface area contributed by atoms with Crippen LogP contribution in [0.15, 0.2) is 18.2 Å². The van der Waals surface area contributed by atoms with Gasteiger partial charge in [0.15, 0.2) is 0 Å². The quantitative estimate of drug-likeness (QED) is 0.651. The van der Waals surface area contributed by atoms with Gasteiger partial charge in [-0.05, 0) is 46.2 Å². The molecule has 58 valence electrons. The first kappa shape index (κ1) is 7.55. The average Bonchev–Trinajstić information content (AvgIpc) is 2.06.